The Kier molecular flexibility index (Phi) is 3.76. The molecule has 0 spiro atoms. The molecule has 20 heavy (non-hydrogen) atoms. The number of carbonyl (C=O) groups excluding carboxylic acids is 1. The molecule has 4 nitrogen and oxygen atoms in total. The molecule has 3 rings (SSSR count). The smallest absolute Gasteiger partial charge is 0.256 e. The molecule has 0 radical (unpaired) electrons. The van der Waals surface area contributed by atoms with Crippen molar-refractivity contribution in [2.24, 2.45) is 11.7 Å². The lowest BCUT2D eigenvalue weighted by Crippen LogP contribution is -2.40. The van der Waals surface area contributed by atoms with Crippen LogP contribution in [0.25, 0.3) is 0 Å². The van der Waals surface area contributed by atoms with Crippen molar-refractivity contribution in [3.05, 3.63) is 29.8 Å². The zero-order valence-corrected chi connectivity index (χ0v) is 11.9. The van der Waals surface area contributed by atoms with E-state index >= 15 is 0 Å². The second-order valence-corrected chi connectivity index (χ2v) is 5.84. The van der Waals surface area contributed by atoms with Gasteiger partial charge in [0.15, 0.2) is 0 Å². The molecular formula is C16H22N2O2. The summed E-state index contributed by atoms with van der Waals surface area (Å²) in [4.78, 5) is 14.6. The number of para-hydroxylation sites is 1. The molecule has 4 heteroatoms. The van der Waals surface area contributed by atoms with Crippen LogP contribution in [0.3, 0.4) is 0 Å². The van der Waals surface area contributed by atoms with Gasteiger partial charge in [0.2, 0.25) is 0 Å². The average Bonchev–Trinajstić information content (AvgIpc) is 3.03. The van der Waals surface area contributed by atoms with Crippen LogP contribution in [0, 0.1) is 5.92 Å². The Bertz CT molecular complexity index is 503. The van der Waals surface area contributed by atoms with Crippen molar-refractivity contribution >= 4 is 11.6 Å². The van der Waals surface area contributed by atoms with Gasteiger partial charge in [-0.05, 0) is 36.9 Å². The fourth-order valence-corrected chi connectivity index (χ4v) is 3.32. The summed E-state index contributed by atoms with van der Waals surface area (Å²) < 4.78 is 5.63. The molecule has 108 valence electrons. The summed E-state index contributed by atoms with van der Waals surface area (Å²) in [6.45, 7) is 4.17. The maximum absolute atomic E-state index is 12.7. The zero-order chi connectivity index (χ0) is 14.1. The van der Waals surface area contributed by atoms with E-state index in [0.717, 1.165) is 25.1 Å². The van der Waals surface area contributed by atoms with Gasteiger partial charge in [0, 0.05) is 24.8 Å². The van der Waals surface area contributed by atoms with E-state index in [1.54, 1.807) is 0 Å². The summed E-state index contributed by atoms with van der Waals surface area (Å²) >= 11 is 0. The number of ether oxygens (including phenoxy) is 1. The fourth-order valence-electron chi connectivity index (χ4n) is 3.32. The zero-order valence-electron chi connectivity index (χ0n) is 11.9. The van der Waals surface area contributed by atoms with Crippen molar-refractivity contribution in [1.82, 2.24) is 0 Å². The van der Waals surface area contributed by atoms with Crippen LogP contribution in [0.5, 0.6) is 0 Å². The summed E-state index contributed by atoms with van der Waals surface area (Å²) in [6, 6.07) is 8.17. The van der Waals surface area contributed by atoms with Crippen molar-refractivity contribution < 1.29 is 9.53 Å². The summed E-state index contributed by atoms with van der Waals surface area (Å²) in [5.41, 5.74) is 7.99. The Labute approximate surface area is 119 Å². The predicted octanol–water partition coefficient (Wildman–Crippen LogP) is 1.89. The van der Waals surface area contributed by atoms with Crippen LogP contribution in [0.1, 0.15) is 31.2 Å². The van der Waals surface area contributed by atoms with Crippen LogP contribution < -0.4 is 10.6 Å². The van der Waals surface area contributed by atoms with Crippen molar-refractivity contribution in [1.29, 1.82) is 0 Å². The number of hydrogen-bond acceptors (Lipinski definition) is 3. The SMILES string of the molecule is CC1CCOC1C(=O)N1CC(CCN)c2ccccc21. The highest BCUT2D eigenvalue weighted by Gasteiger charge is 2.39. The van der Waals surface area contributed by atoms with Gasteiger partial charge in [-0.3, -0.25) is 4.79 Å². The number of rotatable bonds is 3. The first-order valence-corrected chi connectivity index (χ1v) is 7.44. The molecule has 1 amide bonds. The molecule has 0 saturated carbocycles. The quantitative estimate of drug-likeness (QED) is 0.915. The molecule has 2 N–H and O–H groups in total. The number of nitrogens with zero attached hydrogens (tertiary/aromatic N) is 1. The van der Waals surface area contributed by atoms with E-state index in [0.29, 0.717) is 25.0 Å². The van der Waals surface area contributed by atoms with Gasteiger partial charge in [-0.1, -0.05) is 25.1 Å². The second-order valence-electron chi connectivity index (χ2n) is 5.84. The monoisotopic (exact) mass is 274 g/mol. The number of carbonyl (C=O) groups is 1. The van der Waals surface area contributed by atoms with E-state index < -0.39 is 0 Å². The molecule has 2 aliphatic heterocycles. The van der Waals surface area contributed by atoms with E-state index in [9.17, 15) is 4.79 Å². The van der Waals surface area contributed by atoms with Gasteiger partial charge in [0.05, 0.1) is 0 Å². The molecule has 0 aromatic heterocycles. The third kappa shape index (κ3) is 2.23. The van der Waals surface area contributed by atoms with Crippen molar-refractivity contribution in [2.75, 3.05) is 24.6 Å². The van der Waals surface area contributed by atoms with Crippen LogP contribution in [0.2, 0.25) is 0 Å². The minimum atomic E-state index is -0.278. The normalized spacial score (nSPS) is 28.7. The first-order valence-electron chi connectivity index (χ1n) is 7.44. The molecule has 0 bridgehead atoms. The van der Waals surface area contributed by atoms with Crippen molar-refractivity contribution in [2.45, 2.75) is 31.8 Å². The van der Waals surface area contributed by atoms with Crippen LogP contribution >= 0.6 is 0 Å². The molecule has 0 aliphatic carbocycles. The summed E-state index contributed by atoms with van der Waals surface area (Å²) in [5, 5.41) is 0. The topological polar surface area (TPSA) is 55.6 Å². The number of anilines is 1. The molecule has 2 heterocycles. The molecule has 3 atom stereocenters. The minimum absolute atomic E-state index is 0.113. The standard InChI is InChI=1S/C16H22N2O2/c1-11-7-9-20-15(11)16(19)18-10-12(6-8-17)13-4-2-3-5-14(13)18/h2-5,11-12,15H,6-10,17H2,1H3. The van der Waals surface area contributed by atoms with Gasteiger partial charge in [0.25, 0.3) is 5.91 Å². The van der Waals surface area contributed by atoms with Gasteiger partial charge in [-0.15, -0.1) is 0 Å². The average molecular weight is 274 g/mol. The van der Waals surface area contributed by atoms with E-state index in [1.165, 1.54) is 5.56 Å². The predicted molar refractivity (Wildman–Crippen MR) is 78.7 cm³/mol. The third-order valence-electron chi connectivity index (χ3n) is 4.48. The van der Waals surface area contributed by atoms with Crippen LogP contribution in [-0.2, 0) is 9.53 Å². The third-order valence-corrected chi connectivity index (χ3v) is 4.48. The van der Waals surface area contributed by atoms with Crippen LogP contribution in [0.4, 0.5) is 5.69 Å². The Balaban J connectivity index is 1.86. The van der Waals surface area contributed by atoms with E-state index in [4.69, 9.17) is 10.5 Å². The second kappa shape index (κ2) is 5.54. The van der Waals surface area contributed by atoms with Crippen molar-refractivity contribution in [3.63, 3.8) is 0 Å². The highest BCUT2D eigenvalue weighted by molar-refractivity contribution is 5.99. The van der Waals surface area contributed by atoms with Gasteiger partial charge in [-0.25, -0.2) is 0 Å². The van der Waals surface area contributed by atoms with Crippen LogP contribution in [-0.4, -0.2) is 31.7 Å². The Morgan fingerprint density at radius 1 is 1.45 bits per heavy atom. The van der Waals surface area contributed by atoms with E-state index in [1.807, 2.05) is 23.1 Å². The fraction of sp³-hybridized carbons (Fsp3) is 0.562. The Morgan fingerprint density at radius 2 is 2.25 bits per heavy atom. The maximum Gasteiger partial charge on any atom is 0.256 e. The number of fused-ring (bicyclic) bond motifs is 1. The van der Waals surface area contributed by atoms with Gasteiger partial charge in [0.1, 0.15) is 6.10 Å². The van der Waals surface area contributed by atoms with Gasteiger partial charge < -0.3 is 15.4 Å². The number of amides is 1. The lowest BCUT2D eigenvalue weighted by Gasteiger charge is -2.23. The maximum atomic E-state index is 12.7. The molecule has 3 unspecified atom stereocenters. The molecule has 2 aliphatic rings. The number of hydrogen-bond donors (Lipinski definition) is 1. The first kappa shape index (κ1) is 13.6. The molecule has 1 fully saturated rings. The molecular weight excluding hydrogens is 252 g/mol. The van der Waals surface area contributed by atoms with Crippen LogP contribution in [0.15, 0.2) is 24.3 Å². The summed E-state index contributed by atoms with van der Waals surface area (Å²) in [5.74, 6) is 0.780. The number of benzene rings is 1. The summed E-state index contributed by atoms with van der Waals surface area (Å²) in [7, 11) is 0. The summed E-state index contributed by atoms with van der Waals surface area (Å²) in [6.07, 6.45) is 1.61. The van der Waals surface area contributed by atoms with Gasteiger partial charge in [-0.2, -0.15) is 0 Å². The molecule has 1 aromatic carbocycles. The lowest BCUT2D eigenvalue weighted by molar-refractivity contribution is -0.128. The Morgan fingerprint density at radius 3 is 2.95 bits per heavy atom. The van der Waals surface area contributed by atoms with E-state index in [2.05, 4.69) is 13.0 Å². The molecule has 1 saturated heterocycles. The highest BCUT2D eigenvalue weighted by atomic mass is 16.5. The first-order chi connectivity index (χ1) is 9.72. The largest absolute Gasteiger partial charge is 0.368 e. The van der Waals surface area contributed by atoms with E-state index in [-0.39, 0.29) is 12.0 Å². The van der Waals surface area contributed by atoms with Gasteiger partial charge >= 0.3 is 0 Å². The number of nitrogens with two attached hydrogens (primary N) is 1. The highest BCUT2D eigenvalue weighted by Crippen LogP contribution is 2.39. The minimum Gasteiger partial charge on any atom is -0.368 e. The Hall–Kier alpha value is -1.39. The molecule has 1 aromatic rings. The lowest BCUT2D eigenvalue weighted by atomic mass is 9.98. The van der Waals surface area contributed by atoms with Crippen molar-refractivity contribution in [3.8, 4) is 0 Å².